The van der Waals surface area contributed by atoms with E-state index in [0.29, 0.717) is 34.4 Å². The monoisotopic (exact) mass is 527 g/mol. The maximum atomic E-state index is 13.9. The number of nitrogens with zero attached hydrogens (tertiary/aromatic N) is 4. The summed E-state index contributed by atoms with van der Waals surface area (Å²) in [5.74, 6) is 0.673. The number of benzene rings is 3. The van der Waals surface area contributed by atoms with E-state index in [-0.39, 0.29) is 5.91 Å². The van der Waals surface area contributed by atoms with Crippen molar-refractivity contribution in [1.82, 2.24) is 4.90 Å². The maximum absolute atomic E-state index is 13.9. The molecule has 0 saturated carbocycles. The first-order valence-corrected chi connectivity index (χ1v) is 13.4. The van der Waals surface area contributed by atoms with E-state index in [0.717, 1.165) is 32.6 Å². The second-order valence-corrected chi connectivity index (χ2v) is 10.4. The van der Waals surface area contributed by atoms with Crippen molar-refractivity contribution in [2.45, 2.75) is 18.4 Å². The van der Waals surface area contributed by atoms with Crippen LogP contribution in [0, 0.1) is 11.3 Å². The van der Waals surface area contributed by atoms with E-state index in [2.05, 4.69) is 11.4 Å². The van der Waals surface area contributed by atoms with Crippen LogP contribution in [0.2, 0.25) is 0 Å². The Balaban J connectivity index is 1.59. The van der Waals surface area contributed by atoms with Gasteiger partial charge in [-0.25, -0.2) is 4.99 Å². The fourth-order valence-electron chi connectivity index (χ4n) is 4.11. The number of amides is 1. The quantitative estimate of drug-likeness (QED) is 0.384. The average Bonchev–Trinajstić information content (AvgIpc) is 3.41. The van der Waals surface area contributed by atoms with Crippen LogP contribution in [-0.4, -0.2) is 36.7 Å². The van der Waals surface area contributed by atoms with Crippen molar-refractivity contribution in [2.24, 2.45) is 4.99 Å². The zero-order chi connectivity index (χ0) is 25.9. The Bertz CT molecular complexity index is 1460. The molecule has 1 amide bonds. The standard InChI is InChI=1S/C28H25N5O2S2/c1-4-30-21-12-10-19(16-29)14-22(21)31-28-33(17-18-8-6-5-7-9-18)26(34)25(37-28)27-32(2)23-15-20(35-3)11-13-24(23)36-27/h5-15,30H,4,17H2,1-3H3/b27-25+,31-28?. The molecule has 2 heterocycles. The predicted molar refractivity (Wildman–Crippen MR) is 151 cm³/mol. The van der Waals surface area contributed by atoms with Crippen LogP contribution < -0.4 is 15.0 Å². The molecule has 3 aromatic rings. The lowest BCUT2D eigenvalue weighted by Crippen LogP contribution is -2.29. The van der Waals surface area contributed by atoms with Crippen molar-refractivity contribution in [3.8, 4) is 11.8 Å². The highest BCUT2D eigenvalue weighted by molar-refractivity contribution is 8.19. The molecule has 0 aliphatic carbocycles. The largest absolute Gasteiger partial charge is 0.497 e. The number of hydrogen-bond acceptors (Lipinski definition) is 8. The summed E-state index contributed by atoms with van der Waals surface area (Å²) < 4.78 is 5.41. The summed E-state index contributed by atoms with van der Waals surface area (Å²) in [5.41, 5.74) is 3.96. The van der Waals surface area contributed by atoms with Crippen LogP contribution in [0.5, 0.6) is 5.75 Å². The predicted octanol–water partition coefficient (Wildman–Crippen LogP) is 6.17. The Kier molecular flexibility index (Phi) is 7.12. The summed E-state index contributed by atoms with van der Waals surface area (Å²) in [6.45, 7) is 3.11. The van der Waals surface area contributed by atoms with Crippen molar-refractivity contribution < 1.29 is 9.53 Å². The Hall–Kier alpha value is -3.87. The van der Waals surface area contributed by atoms with E-state index < -0.39 is 0 Å². The summed E-state index contributed by atoms with van der Waals surface area (Å²) >= 11 is 2.93. The minimum Gasteiger partial charge on any atom is -0.497 e. The SMILES string of the molecule is CCNc1ccc(C#N)cc1N=C1S/C(=C2/Sc3ccc(OC)cc3N2C)C(=O)N1Cc1ccccc1. The number of methoxy groups -OCH3 is 1. The highest BCUT2D eigenvalue weighted by Crippen LogP contribution is 2.51. The van der Waals surface area contributed by atoms with Gasteiger partial charge >= 0.3 is 0 Å². The second kappa shape index (κ2) is 10.6. The third-order valence-electron chi connectivity index (χ3n) is 5.99. The first-order chi connectivity index (χ1) is 18.0. The number of rotatable bonds is 6. The Labute approximate surface area is 224 Å². The summed E-state index contributed by atoms with van der Waals surface area (Å²) in [4.78, 5) is 24.3. The van der Waals surface area contributed by atoms with Crippen molar-refractivity contribution >= 4 is 51.7 Å². The van der Waals surface area contributed by atoms with E-state index in [1.807, 2.05) is 73.5 Å². The Morgan fingerprint density at radius 3 is 2.62 bits per heavy atom. The number of thioether (sulfide) groups is 2. The van der Waals surface area contributed by atoms with Gasteiger partial charge in [-0.1, -0.05) is 42.1 Å². The third-order valence-corrected chi connectivity index (χ3v) is 8.42. The van der Waals surface area contributed by atoms with Gasteiger partial charge in [0.25, 0.3) is 5.91 Å². The van der Waals surface area contributed by atoms with Gasteiger partial charge in [-0.15, -0.1) is 0 Å². The van der Waals surface area contributed by atoms with Crippen LogP contribution in [-0.2, 0) is 11.3 Å². The molecule has 0 spiro atoms. The summed E-state index contributed by atoms with van der Waals surface area (Å²) in [7, 11) is 3.61. The molecule has 1 fully saturated rings. The highest BCUT2D eigenvalue weighted by Gasteiger charge is 2.39. The number of nitriles is 1. The normalized spacial score (nSPS) is 17.8. The summed E-state index contributed by atoms with van der Waals surface area (Å²) in [6, 6.07) is 23.4. The summed E-state index contributed by atoms with van der Waals surface area (Å²) in [5, 5.41) is 14.2. The first-order valence-electron chi connectivity index (χ1n) is 11.8. The molecular formula is C28H25N5O2S2. The minimum atomic E-state index is -0.0943. The van der Waals surface area contributed by atoms with Gasteiger partial charge in [0.05, 0.1) is 47.4 Å². The molecule has 0 bridgehead atoms. The topological polar surface area (TPSA) is 81.0 Å². The van der Waals surface area contributed by atoms with Gasteiger partial charge in [0.1, 0.15) is 10.7 Å². The zero-order valence-electron chi connectivity index (χ0n) is 20.7. The molecular weight excluding hydrogens is 502 g/mol. The second-order valence-electron chi connectivity index (χ2n) is 8.38. The molecule has 37 heavy (non-hydrogen) atoms. The van der Waals surface area contributed by atoms with Crippen molar-refractivity contribution in [2.75, 3.05) is 30.9 Å². The van der Waals surface area contributed by atoms with E-state index in [1.54, 1.807) is 35.9 Å². The van der Waals surface area contributed by atoms with Gasteiger partial charge in [-0.2, -0.15) is 5.26 Å². The number of carbonyl (C=O) groups is 1. The van der Waals surface area contributed by atoms with Gasteiger partial charge in [-0.3, -0.25) is 9.69 Å². The fourth-order valence-corrected chi connectivity index (χ4v) is 6.43. The highest BCUT2D eigenvalue weighted by atomic mass is 32.2. The molecule has 186 valence electrons. The number of hydrogen-bond donors (Lipinski definition) is 1. The van der Waals surface area contributed by atoms with Crippen molar-refractivity contribution in [3.05, 3.63) is 87.8 Å². The minimum absolute atomic E-state index is 0.0943. The molecule has 9 heteroatoms. The first kappa shape index (κ1) is 24.8. The van der Waals surface area contributed by atoms with Crippen LogP contribution in [0.4, 0.5) is 17.1 Å². The number of fused-ring (bicyclic) bond motifs is 1. The smallest absolute Gasteiger partial charge is 0.269 e. The number of anilines is 2. The average molecular weight is 528 g/mol. The zero-order valence-corrected chi connectivity index (χ0v) is 22.3. The van der Waals surface area contributed by atoms with Crippen LogP contribution in [0.1, 0.15) is 18.1 Å². The molecule has 1 N–H and O–H groups in total. The number of aliphatic imine (C=N–C) groups is 1. The van der Waals surface area contributed by atoms with Crippen LogP contribution in [0.3, 0.4) is 0 Å². The van der Waals surface area contributed by atoms with E-state index >= 15 is 0 Å². The molecule has 7 nitrogen and oxygen atoms in total. The molecule has 0 radical (unpaired) electrons. The fraction of sp³-hybridized carbons (Fsp3) is 0.179. The van der Waals surface area contributed by atoms with Gasteiger partial charge in [0.15, 0.2) is 5.17 Å². The molecule has 3 aromatic carbocycles. The third kappa shape index (κ3) is 4.90. The van der Waals surface area contributed by atoms with Crippen molar-refractivity contribution in [1.29, 1.82) is 5.26 Å². The molecule has 5 rings (SSSR count). The number of amidine groups is 1. The molecule has 2 aliphatic heterocycles. The molecule has 2 aliphatic rings. The Morgan fingerprint density at radius 1 is 1.08 bits per heavy atom. The lowest BCUT2D eigenvalue weighted by molar-refractivity contribution is -0.122. The van der Waals surface area contributed by atoms with Gasteiger partial charge in [0.2, 0.25) is 0 Å². The van der Waals surface area contributed by atoms with Gasteiger partial charge in [0, 0.05) is 24.6 Å². The lowest BCUT2D eigenvalue weighted by atomic mass is 10.2. The number of nitrogens with one attached hydrogen (secondary N) is 1. The van der Waals surface area contributed by atoms with E-state index in [4.69, 9.17) is 9.73 Å². The molecule has 0 unspecified atom stereocenters. The maximum Gasteiger partial charge on any atom is 0.269 e. The molecule has 0 aromatic heterocycles. The van der Waals surface area contributed by atoms with Crippen LogP contribution in [0.25, 0.3) is 0 Å². The Morgan fingerprint density at radius 2 is 1.89 bits per heavy atom. The molecule has 1 saturated heterocycles. The summed E-state index contributed by atoms with van der Waals surface area (Å²) in [6.07, 6.45) is 0. The van der Waals surface area contributed by atoms with Crippen LogP contribution >= 0.6 is 23.5 Å². The van der Waals surface area contributed by atoms with Crippen molar-refractivity contribution in [3.63, 3.8) is 0 Å². The lowest BCUT2D eigenvalue weighted by Gasteiger charge is -2.17. The van der Waals surface area contributed by atoms with E-state index in [1.165, 1.54) is 11.8 Å². The van der Waals surface area contributed by atoms with E-state index in [9.17, 15) is 10.1 Å². The number of ether oxygens (including phenoxy) is 1. The van der Waals surface area contributed by atoms with Crippen LogP contribution in [0.15, 0.2) is 86.6 Å². The van der Waals surface area contributed by atoms with Gasteiger partial charge < -0.3 is 15.0 Å². The number of carbonyl (C=O) groups excluding carboxylic acids is 1. The molecule has 0 atom stereocenters. The van der Waals surface area contributed by atoms with Gasteiger partial charge in [-0.05, 0) is 54.6 Å².